The molecule has 0 aliphatic heterocycles. The number of pyridine rings is 1. The highest BCUT2D eigenvalue weighted by Crippen LogP contribution is 2.38. The third-order valence-electron chi connectivity index (χ3n) is 4.40. The van der Waals surface area contributed by atoms with Gasteiger partial charge in [0.15, 0.2) is 5.78 Å². The van der Waals surface area contributed by atoms with Crippen LogP contribution in [-0.2, 0) is 6.42 Å². The van der Waals surface area contributed by atoms with E-state index < -0.39 is 0 Å². The molecule has 1 unspecified atom stereocenters. The summed E-state index contributed by atoms with van der Waals surface area (Å²) in [4.78, 5) is 17.3. The molecule has 3 nitrogen and oxygen atoms in total. The lowest BCUT2D eigenvalue weighted by molar-refractivity contribution is 0.0964. The summed E-state index contributed by atoms with van der Waals surface area (Å²) in [6.07, 6.45) is 1.29. The van der Waals surface area contributed by atoms with Crippen molar-refractivity contribution in [2.24, 2.45) is 0 Å². The number of ketones is 1. The lowest BCUT2D eigenvalue weighted by Gasteiger charge is -2.24. The van der Waals surface area contributed by atoms with Gasteiger partial charge in [-0.1, -0.05) is 29.8 Å². The molecule has 2 N–H and O–H groups in total. The van der Waals surface area contributed by atoms with Crippen molar-refractivity contribution in [3.05, 3.63) is 58.1 Å². The van der Waals surface area contributed by atoms with Crippen LogP contribution in [0, 0.1) is 6.92 Å². The number of benzene rings is 1. The summed E-state index contributed by atoms with van der Waals surface area (Å²) >= 11 is 1.55. The van der Waals surface area contributed by atoms with E-state index in [9.17, 15) is 4.79 Å². The van der Waals surface area contributed by atoms with Crippen molar-refractivity contribution < 1.29 is 4.79 Å². The number of carbonyl (C=O) groups is 1. The number of aryl methyl sites for hydroxylation is 1. The number of nitrogen functional groups attached to an aromatic ring is 1. The molecule has 0 saturated carbocycles. The number of nitrogens with zero attached hydrogens (tertiary/aromatic N) is 1. The van der Waals surface area contributed by atoms with Gasteiger partial charge in [0.25, 0.3) is 0 Å². The molecule has 2 aromatic heterocycles. The summed E-state index contributed by atoms with van der Waals surface area (Å²) in [6, 6.07) is 10.4. The first kappa shape index (κ1) is 13.5. The van der Waals surface area contributed by atoms with Gasteiger partial charge in [0.1, 0.15) is 0 Å². The van der Waals surface area contributed by atoms with E-state index in [4.69, 9.17) is 5.73 Å². The number of anilines is 1. The average molecular weight is 308 g/mol. The summed E-state index contributed by atoms with van der Waals surface area (Å²) in [5.74, 6) is 0.315. The highest BCUT2D eigenvalue weighted by atomic mass is 32.1. The number of fused-ring (bicyclic) bond motifs is 2. The van der Waals surface area contributed by atoms with Gasteiger partial charge < -0.3 is 5.73 Å². The van der Waals surface area contributed by atoms with E-state index in [1.165, 1.54) is 11.1 Å². The lowest BCUT2D eigenvalue weighted by Crippen LogP contribution is -2.21. The molecule has 1 aromatic carbocycles. The van der Waals surface area contributed by atoms with E-state index >= 15 is 0 Å². The third-order valence-corrected chi connectivity index (χ3v) is 5.34. The van der Waals surface area contributed by atoms with Crippen LogP contribution >= 0.6 is 11.3 Å². The van der Waals surface area contributed by atoms with Gasteiger partial charge in [-0.25, -0.2) is 0 Å². The largest absolute Gasteiger partial charge is 0.397 e. The molecule has 1 aliphatic rings. The Kier molecular flexibility index (Phi) is 3.01. The number of hydrogen-bond acceptors (Lipinski definition) is 4. The molecule has 22 heavy (non-hydrogen) atoms. The summed E-state index contributed by atoms with van der Waals surface area (Å²) in [7, 11) is 0. The second-order valence-corrected chi connectivity index (χ2v) is 6.84. The highest BCUT2D eigenvalue weighted by Gasteiger charge is 2.30. The molecule has 4 rings (SSSR count). The van der Waals surface area contributed by atoms with Crippen molar-refractivity contribution in [2.75, 3.05) is 5.73 Å². The molecule has 0 radical (unpaired) electrons. The molecule has 110 valence electrons. The van der Waals surface area contributed by atoms with Gasteiger partial charge >= 0.3 is 0 Å². The smallest absolute Gasteiger partial charge is 0.167 e. The Morgan fingerprint density at radius 1 is 1.18 bits per heavy atom. The monoisotopic (exact) mass is 308 g/mol. The first-order valence-corrected chi connectivity index (χ1v) is 8.27. The summed E-state index contributed by atoms with van der Waals surface area (Å²) < 4.78 is 0.931. The van der Waals surface area contributed by atoms with Crippen LogP contribution < -0.4 is 5.73 Å². The van der Waals surface area contributed by atoms with E-state index in [-0.39, 0.29) is 11.7 Å². The number of aromatic nitrogens is 1. The van der Waals surface area contributed by atoms with Crippen LogP contribution in [-0.4, -0.2) is 10.8 Å². The van der Waals surface area contributed by atoms with Crippen molar-refractivity contribution in [3.8, 4) is 0 Å². The fourth-order valence-electron chi connectivity index (χ4n) is 3.23. The van der Waals surface area contributed by atoms with Gasteiger partial charge in [-0.05, 0) is 36.3 Å². The maximum Gasteiger partial charge on any atom is 0.167 e. The van der Waals surface area contributed by atoms with Crippen molar-refractivity contribution in [1.29, 1.82) is 0 Å². The second-order valence-electron chi connectivity index (χ2n) is 5.92. The molecule has 0 saturated heterocycles. The van der Waals surface area contributed by atoms with Crippen LogP contribution in [0.5, 0.6) is 0 Å². The molecule has 2 heterocycles. The topological polar surface area (TPSA) is 56.0 Å². The predicted molar refractivity (Wildman–Crippen MR) is 90.6 cm³/mol. The number of hydrogen-bond donors (Lipinski definition) is 1. The van der Waals surface area contributed by atoms with E-state index in [2.05, 4.69) is 36.2 Å². The third kappa shape index (κ3) is 2.03. The van der Waals surface area contributed by atoms with Gasteiger partial charge in [0.05, 0.1) is 27.2 Å². The fraction of sp³-hybridized carbons (Fsp3) is 0.222. The molecule has 1 aliphatic carbocycles. The molecular formula is C18H16N2OS. The van der Waals surface area contributed by atoms with Gasteiger partial charge in [0.2, 0.25) is 0 Å². The van der Waals surface area contributed by atoms with Gasteiger partial charge in [-0.2, -0.15) is 0 Å². The zero-order valence-corrected chi connectivity index (χ0v) is 13.1. The Balaban J connectivity index is 1.81. The minimum Gasteiger partial charge on any atom is -0.397 e. The van der Waals surface area contributed by atoms with Crippen molar-refractivity contribution >= 4 is 33.0 Å². The van der Waals surface area contributed by atoms with Crippen LogP contribution in [0.15, 0.2) is 35.7 Å². The van der Waals surface area contributed by atoms with E-state index in [1.54, 1.807) is 11.3 Å². The van der Waals surface area contributed by atoms with Crippen LogP contribution in [0.3, 0.4) is 0 Å². The zero-order valence-electron chi connectivity index (χ0n) is 12.3. The Hall–Kier alpha value is -2.20. The SMILES string of the molecule is Cc1ccc(C2CC(=O)c3c(nc4ccsc4c3N)C2)cc1. The first-order valence-electron chi connectivity index (χ1n) is 7.39. The summed E-state index contributed by atoms with van der Waals surface area (Å²) in [6.45, 7) is 2.07. The maximum atomic E-state index is 12.6. The number of rotatable bonds is 1. The number of thiophene rings is 1. The van der Waals surface area contributed by atoms with Crippen LogP contribution in [0.25, 0.3) is 10.2 Å². The zero-order chi connectivity index (χ0) is 15.3. The number of carbonyl (C=O) groups excluding carboxylic acids is 1. The Morgan fingerprint density at radius 2 is 1.95 bits per heavy atom. The average Bonchev–Trinajstić information content (AvgIpc) is 2.96. The van der Waals surface area contributed by atoms with Crippen LogP contribution in [0.4, 0.5) is 5.69 Å². The Labute approximate surface area is 132 Å². The summed E-state index contributed by atoms with van der Waals surface area (Å²) in [5, 5.41) is 1.97. The van der Waals surface area contributed by atoms with Crippen LogP contribution in [0.2, 0.25) is 0 Å². The predicted octanol–water partition coefficient (Wildman–Crippen LogP) is 4.10. The molecule has 0 fully saturated rings. The van der Waals surface area contributed by atoms with Gasteiger partial charge in [-0.3, -0.25) is 9.78 Å². The molecule has 0 bridgehead atoms. The molecule has 0 spiro atoms. The Bertz CT molecular complexity index is 880. The highest BCUT2D eigenvalue weighted by molar-refractivity contribution is 7.17. The van der Waals surface area contributed by atoms with Crippen molar-refractivity contribution in [1.82, 2.24) is 4.98 Å². The minimum absolute atomic E-state index is 0.118. The van der Waals surface area contributed by atoms with E-state index in [0.29, 0.717) is 17.7 Å². The lowest BCUT2D eigenvalue weighted by atomic mass is 9.81. The molecule has 1 atom stereocenters. The van der Waals surface area contributed by atoms with Crippen molar-refractivity contribution in [3.63, 3.8) is 0 Å². The van der Waals surface area contributed by atoms with E-state index in [0.717, 1.165) is 22.3 Å². The maximum absolute atomic E-state index is 12.6. The summed E-state index contributed by atoms with van der Waals surface area (Å²) in [5.41, 5.74) is 11.7. The molecular weight excluding hydrogens is 292 g/mol. The first-order chi connectivity index (χ1) is 10.6. The number of Topliss-reactive ketones (excluding diaryl/α,β-unsaturated/α-hetero) is 1. The molecule has 0 amide bonds. The fourth-order valence-corrected chi connectivity index (χ4v) is 4.02. The minimum atomic E-state index is 0.118. The second kappa shape index (κ2) is 4.92. The number of nitrogens with two attached hydrogens (primary N) is 1. The van der Waals surface area contributed by atoms with Gasteiger partial charge in [-0.15, -0.1) is 11.3 Å². The standard InChI is InChI=1S/C18H16N2OS/c1-10-2-4-11(5-3-10)12-8-14-16(15(21)9-12)17(19)18-13(20-14)6-7-22-18/h2-7,12H,8-9H2,1H3,(H2,19,20). The Morgan fingerprint density at radius 3 is 2.73 bits per heavy atom. The van der Waals surface area contributed by atoms with E-state index in [1.807, 2.05) is 11.4 Å². The quantitative estimate of drug-likeness (QED) is 0.736. The van der Waals surface area contributed by atoms with Crippen LogP contribution in [0.1, 0.15) is 39.5 Å². The normalized spacial score (nSPS) is 17.7. The van der Waals surface area contributed by atoms with Gasteiger partial charge in [0, 0.05) is 6.42 Å². The molecule has 4 heteroatoms. The van der Waals surface area contributed by atoms with Crippen molar-refractivity contribution in [2.45, 2.75) is 25.7 Å². The molecule has 3 aromatic rings.